The third-order valence-corrected chi connectivity index (χ3v) is 11.0. The summed E-state index contributed by atoms with van der Waals surface area (Å²) in [5.74, 6) is 0.693. The number of fused-ring (bicyclic) bond motifs is 4. The Balaban J connectivity index is 1.09. The molecule has 0 N–H and O–H groups in total. The van der Waals surface area contributed by atoms with Gasteiger partial charge in [0, 0.05) is 57.5 Å². The van der Waals surface area contributed by atoms with E-state index >= 15 is 0 Å². The third kappa shape index (κ3) is 6.62. The molecule has 0 unspecified atom stereocenters. The van der Waals surface area contributed by atoms with Crippen molar-refractivity contribution in [3.05, 3.63) is 194 Å². The Labute approximate surface area is 340 Å². The first-order valence-electron chi connectivity index (χ1n) is 19.6. The molecule has 11 rings (SSSR count). The van der Waals surface area contributed by atoms with Gasteiger partial charge in [0.25, 0.3) is 0 Å². The van der Waals surface area contributed by atoms with Crippen LogP contribution in [0.1, 0.15) is 5.82 Å². The number of hydrogen-bond acceptors (Lipinski definition) is 6. The molecule has 5 heterocycles. The van der Waals surface area contributed by atoms with Crippen LogP contribution in [0.5, 0.6) is 0 Å². The smallest absolute Gasteiger partial charge is 0.126 e. The summed E-state index contributed by atoms with van der Waals surface area (Å²) in [6.07, 6.45) is 7.34. The molecule has 5 aromatic heterocycles. The normalized spacial score (nSPS) is 11.5. The van der Waals surface area contributed by atoms with Crippen molar-refractivity contribution < 1.29 is 0 Å². The van der Waals surface area contributed by atoms with Crippen molar-refractivity contribution in [1.82, 2.24) is 29.9 Å². The van der Waals surface area contributed by atoms with Crippen LogP contribution in [0.15, 0.2) is 189 Å². The van der Waals surface area contributed by atoms with Crippen LogP contribution >= 0.6 is 0 Å². The van der Waals surface area contributed by atoms with Crippen LogP contribution in [-0.4, -0.2) is 29.9 Å². The Bertz CT molecular complexity index is 3010. The van der Waals surface area contributed by atoms with Gasteiger partial charge in [-0.3, -0.25) is 19.9 Å². The maximum atomic E-state index is 5.08. The predicted molar refractivity (Wildman–Crippen MR) is 241 cm³/mol. The first-order chi connectivity index (χ1) is 29.1. The number of aryl methyl sites for hydroxylation is 1. The van der Waals surface area contributed by atoms with Gasteiger partial charge >= 0.3 is 0 Å². The van der Waals surface area contributed by atoms with Crippen molar-refractivity contribution >= 4 is 43.6 Å². The average molecular weight is 755 g/mol. The second-order valence-electron chi connectivity index (χ2n) is 14.9. The van der Waals surface area contributed by atoms with E-state index < -0.39 is 0 Å². The molecule has 0 atom stereocenters. The lowest BCUT2D eigenvalue weighted by molar-refractivity contribution is 1.06. The van der Waals surface area contributed by atoms with Gasteiger partial charge in [-0.2, -0.15) is 0 Å². The van der Waals surface area contributed by atoms with Gasteiger partial charge in [0.15, 0.2) is 0 Å². The van der Waals surface area contributed by atoms with E-state index in [1.54, 1.807) is 0 Å². The predicted octanol–water partition coefficient (Wildman–Crippen LogP) is 13.0. The first-order valence-corrected chi connectivity index (χ1v) is 19.6. The molecule has 59 heavy (non-hydrogen) atoms. The highest BCUT2D eigenvalue weighted by Crippen LogP contribution is 2.38. The fourth-order valence-electron chi connectivity index (χ4n) is 8.10. The molecule has 6 heteroatoms. The number of nitrogens with zero attached hydrogens (tertiary/aromatic N) is 6. The maximum Gasteiger partial charge on any atom is 0.126 e. The minimum Gasteiger partial charge on any atom is -0.256 e. The highest BCUT2D eigenvalue weighted by atomic mass is 14.9. The molecular formula is C53H34N6. The number of aromatic nitrogens is 6. The van der Waals surface area contributed by atoms with Gasteiger partial charge in [-0.15, -0.1) is 0 Å². The van der Waals surface area contributed by atoms with Gasteiger partial charge < -0.3 is 0 Å². The summed E-state index contributed by atoms with van der Waals surface area (Å²) in [6, 6.07) is 57.8. The van der Waals surface area contributed by atoms with E-state index in [9.17, 15) is 0 Å². The maximum absolute atomic E-state index is 5.08. The van der Waals surface area contributed by atoms with Crippen LogP contribution in [0.3, 0.4) is 0 Å². The Morgan fingerprint density at radius 3 is 0.864 bits per heavy atom. The van der Waals surface area contributed by atoms with Gasteiger partial charge in [0.1, 0.15) is 5.82 Å². The van der Waals surface area contributed by atoms with Gasteiger partial charge in [-0.05, 0) is 167 Å². The summed E-state index contributed by atoms with van der Waals surface area (Å²) in [4.78, 5) is 28.5. The van der Waals surface area contributed by atoms with E-state index in [0.29, 0.717) is 5.82 Å². The van der Waals surface area contributed by atoms with Crippen LogP contribution in [0.25, 0.3) is 111 Å². The van der Waals surface area contributed by atoms with Gasteiger partial charge in [0.2, 0.25) is 0 Å². The van der Waals surface area contributed by atoms with Gasteiger partial charge in [-0.1, -0.05) is 48.5 Å². The molecular weight excluding hydrogens is 721 g/mol. The molecule has 276 valence electrons. The average Bonchev–Trinajstić information content (AvgIpc) is 3.30. The van der Waals surface area contributed by atoms with E-state index in [0.717, 1.165) is 111 Å². The molecule has 0 bridgehead atoms. The molecule has 0 aliphatic rings. The number of rotatable bonds is 6. The third-order valence-electron chi connectivity index (χ3n) is 11.0. The Kier molecular flexibility index (Phi) is 8.26. The van der Waals surface area contributed by atoms with Crippen LogP contribution < -0.4 is 0 Å². The van der Waals surface area contributed by atoms with Crippen LogP contribution in [0, 0.1) is 6.92 Å². The van der Waals surface area contributed by atoms with Crippen molar-refractivity contribution in [3.63, 3.8) is 0 Å². The van der Waals surface area contributed by atoms with Crippen LogP contribution in [-0.2, 0) is 0 Å². The van der Waals surface area contributed by atoms with E-state index in [-0.39, 0.29) is 0 Å². The Morgan fingerprint density at radius 2 is 0.559 bits per heavy atom. The fourth-order valence-corrected chi connectivity index (χ4v) is 8.10. The SMILES string of the molecule is Cc1nc(-c2cc(-c3ccc4ncccc4c3)cc(-c3ccc4ncccc4c3)c2)cc(-c2cc(-c3ccc4ncccc4c3)cc(-c3ccc4ncccc4c3)c2)n1. The van der Waals surface area contributed by atoms with Crippen molar-refractivity contribution in [2.24, 2.45) is 0 Å². The molecule has 0 aliphatic carbocycles. The molecule has 6 nitrogen and oxygen atoms in total. The second-order valence-corrected chi connectivity index (χ2v) is 14.9. The second kappa shape index (κ2) is 14.2. The molecule has 0 spiro atoms. The van der Waals surface area contributed by atoms with E-state index in [1.165, 1.54) is 0 Å². The summed E-state index contributed by atoms with van der Waals surface area (Å²) < 4.78 is 0. The standard InChI is InChI=1S/C53H34N6/c1-33-58-52(46-28-42(34-10-14-48-38(22-34)6-2-18-54-48)26-43(29-46)35-11-15-49-39(23-35)7-3-19-55-49)32-53(59-33)47-30-44(36-12-16-50-40(24-36)8-4-20-56-50)27-45(31-47)37-13-17-51-41(25-37)9-5-21-57-51/h2-32H,1H3. The van der Waals surface area contributed by atoms with Crippen molar-refractivity contribution in [2.75, 3.05) is 0 Å². The zero-order chi connectivity index (χ0) is 39.3. The topological polar surface area (TPSA) is 77.3 Å². The highest BCUT2D eigenvalue weighted by Gasteiger charge is 2.15. The largest absolute Gasteiger partial charge is 0.256 e. The lowest BCUT2D eigenvalue weighted by Crippen LogP contribution is -1.96. The molecule has 6 aromatic carbocycles. The first kappa shape index (κ1) is 34.3. The zero-order valence-electron chi connectivity index (χ0n) is 32.1. The Morgan fingerprint density at radius 1 is 0.271 bits per heavy atom. The summed E-state index contributed by atoms with van der Waals surface area (Å²) in [5.41, 5.74) is 16.4. The zero-order valence-corrected chi connectivity index (χ0v) is 32.1. The molecule has 11 aromatic rings. The summed E-state index contributed by atoms with van der Waals surface area (Å²) in [6.45, 7) is 1.97. The van der Waals surface area contributed by atoms with Gasteiger partial charge in [-0.25, -0.2) is 9.97 Å². The summed E-state index contributed by atoms with van der Waals surface area (Å²) >= 11 is 0. The number of benzene rings is 6. The number of pyridine rings is 4. The van der Waals surface area contributed by atoms with E-state index in [1.807, 2.05) is 56.0 Å². The molecule has 0 saturated heterocycles. The van der Waals surface area contributed by atoms with Crippen LogP contribution in [0.2, 0.25) is 0 Å². The molecule has 0 fully saturated rings. The molecule has 0 amide bonds. The van der Waals surface area contributed by atoms with E-state index in [2.05, 4.69) is 159 Å². The lowest BCUT2D eigenvalue weighted by atomic mass is 9.92. The summed E-state index contributed by atoms with van der Waals surface area (Å²) in [5, 5.41) is 4.37. The van der Waals surface area contributed by atoms with Crippen molar-refractivity contribution in [2.45, 2.75) is 6.92 Å². The monoisotopic (exact) mass is 754 g/mol. The minimum absolute atomic E-state index is 0.693. The van der Waals surface area contributed by atoms with Gasteiger partial charge in [0.05, 0.1) is 33.5 Å². The van der Waals surface area contributed by atoms with E-state index in [4.69, 9.17) is 9.97 Å². The highest BCUT2D eigenvalue weighted by molar-refractivity contribution is 5.92. The van der Waals surface area contributed by atoms with Crippen molar-refractivity contribution in [1.29, 1.82) is 0 Å². The lowest BCUT2D eigenvalue weighted by Gasteiger charge is -2.14. The quantitative estimate of drug-likeness (QED) is 0.168. The number of hydrogen-bond donors (Lipinski definition) is 0. The molecule has 0 radical (unpaired) electrons. The Hall–Kier alpha value is -7.96. The molecule has 0 aliphatic heterocycles. The molecule has 0 saturated carbocycles. The summed E-state index contributed by atoms with van der Waals surface area (Å²) in [7, 11) is 0. The fraction of sp³-hybridized carbons (Fsp3) is 0.0189. The van der Waals surface area contributed by atoms with Crippen molar-refractivity contribution in [3.8, 4) is 67.0 Å². The minimum atomic E-state index is 0.693. The van der Waals surface area contributed by atoms with Crippen LogP contribution in [0.4, 0.5) is 0 Å².